The van der Waals surface area contributed by atoms with Crippen LogP contribution in [0.4, 0.5) is 4.39 Å². The molecule has 0 saturated heterocycles. The van der Waals surface area contributed by atoms with Crippen molar-refractivity contribution in [2.45, 2.75) is 6.54 Å². The smallest absolute Gasteiger partial charge is 0.265 e. The molecule has 0 aliphatic heterocycles. The van der Waals surface area contributed by atoms with Crippen molar-refractivity contribution in [3.8, 4) is 10.6 Å². The van der Waals surface area contributed by atoms with Gasteiger partial charge in [-0.1, -0.05) is 46.3 Å². The van der Waals surface area contributed by atoms with Crippen molar-refractivity contribution in [3.63, 3.8) is 0 Å². The first-order valence-corrected chi connectivity index (χ1v) is 8.87. The molecule has 1 aromatic heterocycles. The molecule has 0 atom stereocenters. The van der Waals surface area contributed by atoms with E-state index in [1.54, 1.807) is 30.1 Å². The van der Waals surface area contributed by atoms with E-state index < -0.39 is 0 Å². The molecule has 0 aliphatic rings. The maximum atomic E-state index is 13.8. The molecule has 0 spiro atoms. The van der Waals surface area contributed by atoms with Crippen LogP contribution in [0.2, 0.25) is 0 Å². The number of aromatic nitrogens is 1. The van der Waals surface area contributed by atoms with Crippen LogP contribution in [-0.2, 0) is 6.54 Å². The molecule has 0 unspecified atom stereocenters. The van der Waals surface area contributed by atoms with Gasteiger partial charge < -0.3 is 4.90 Å². The molecule has 1 heterocycles. The summed E-state index contributed by atoms with van der Waals surface area (Å²) in [6, 6.07) is 14.2. The highest BCUT2D eigenvalue weighted by molar-refractivity contribution is 9.10. The molecular formula is C18H14BrFN2OS. The highest BCUT2D eigenvalue weighted by Gasteiger charge is 2.18. The van der Waals surface area contributed by atoms with Gasteiger partial charge >= 0.3 is 0 Å². The Morgan fingerprint density at radius 2 is 1.92 bits per heavy atom. The molecule has 3 nitrogen and oxygen atoms in total. The summed E-state index contributed by atoms with van der Waals surface area (Å²) in [7, 11) is 1.74. The minimum atomic E-state index is -0.340. The second-order valence-electron chi connectivity index (χ2n) is 5.26. The van der Waals surface area contributed by atoms with Gasteiger partial charge in [0.15, 0.2) is 0 Å². The first-order chi connectivity index (χ1) is 11.6. The number of rotatable bonds is 4. The molecule has 0 fully saturated rings. The summed E-state index contributed by atoms with van der Waals surface area (Å²) < 4.78 is 14.8. The highest BCUT2D eigenvalue weighted by Crippen LogP contribution is 2.28. The second kappa shape index (κ2) is 7.23. The van der Waals surface area contributed by atoms with Gasteiger partial charge in [0.25, 0.3) is 5.91 Å². The van der Waals surface area contributed by atoms with Crippen LogP contribution in [0.1, 0.15) is 15.2 Å². The number of benzene rings is 2. The number of hydrogen-bond acceptors (Lipinski definition) is 3. The lowest BCUT2D eigenvalue weighted by Gasteiger charge is -2.17. The number of carbonyl (C=O) groups excluding carboxylic acids is 1. The lowest BCUT2D eigenvalue weighted by molar-refractivity contribution is 0.0789. The number of carbonyl (C=O) groups is 1. The molecule has 0 saturated carbocycles. The number of hydrogen-bond donors (Lipinski definition) is 0. The van der Waals surface area contributed by atoms with Gasteiger partial charge in [0, 0.05) is 23.6 Å². The van der Waals surface area contributed by atoms with Crippen LogP contribution in [0, 0.1) is 5.82 Å². The third kappa shape index (κ3) is 3.55. The quantitative estimate of drug-likeness (QED) is 0.613. The summed E-state index contributed by atoms with van der Waals surface area (Å²) in [4.78, 5) is 18.9. The largest absolute Gasteiger partial charge is 0.337 e. The molecule has 6 heteroatoms. The molecule has 0 N–H and O–H groups in total. The van der Waals surface area contributed by atoms with Crippen LogP contribution in [0.25, 0.3) is 10.6 Å². The zero-order valence-corrected chi connectivity index (χ0v) is 15.3. The Morgan fingerprint density at radius 3 is 2.67 bits per heavy atom. The van der Waals surface area contributed by atoms with E-state index in [0.29, 0.717) is 22.0 Å². The molecule has 0 bridgehead atoms. The summed E-state index contributed by atoms with van der Waals surface area (Å²) in [5, 5.41) is 0.505. The van der Waals surface area contributed by atoms with Crippen molar-refractivity contribution in [1.82, 2.24) is 9.88 Å². The van der Waals surface area contributed by atoms with Crippen molar-refractivity contribution in [2.75, 3.05) is 7.05 Å². The predicted molar refractivity (Wildman–Crippen MR) is 97.4 cm³/mol. The van der Waals surface area contributed by atoms with Gasteiger partial charge in [0.1, 0.15) is 15.7 Å². The van der Waals surface area contributed by atoms with E-state index in [-0.39, 0.29) is 11.7 Å². The van der Waals surface area contributed by atoms with Crippen molar-refractivity contribution in [2.24, 2.45) is 0 Å². The minimum absolute atomic E-state index is 0.133. The molecule has 1 amide bonds. The fourth-order valence-electron chi connectivity index (χ4n) is 2.27. The van der Waals surface area contributed by atoms with Crippen molar-refractivity contribution < 1.29 is 9.18 Å². The third-order valence-corrected chi connectivity index (χ3v) is 5.33. The van der Waals surface area contributed by atoms with E-state index in [1.165, 1.54) is 23.6 Å². The summed E-state index contributed by atoms with van der Waals surface area (Å²) in [5.41, 5.74) is 1.43. The van der Waals surface area contributed by atoms with Gasteiger partial charge in [-0.05, 0) is 23.8 Å². The van der Waals surface area contributed by atoms with Gasteiger partial charge in [0.05, 0.1) is 6.20 Å². The molecule has 2 aromatic carbocycles. The van der Waals surface area contributed by atoms with Crippen molar-refractivity contribution >= 4 is 33.2 Å². The Hall–Kier alpha value is -2.05. The highest BCUT2D eigenvalue weighted by atomic mass is 79.9. The van der Waals surface area contributed by atoms with E-state index in [4.69, 9.17) is 0 Å². The monoisotopic (exact) mass is 404 g/mol. The average molecular weight is 405 g/mol. The summed E-state index contributed by atoms with van der Waals surface area (Å²) >= 11 is 4.68. The maximum absolute atomic E-state index is 13.8. The number of thiazole rings is 1. The molecule has 0 aliphatic carbocycles. The Morgan fingerprint density at radius 1 is 1.21 bits per heavy atom. The van der Waals surface area contributed by atoms with Crippen LogP contribution in [0.15, 0.2) is 59.2 Å². The average Bonchev–Trinajstić information content (AvgIpc) is 3.06. The van der Waals surface area contributed by atoms with Crippen LogP contribution in [0.3, 0.4) is 0 Å². The lowest BCUT2D eigenvalue weighted by Crippen LogP contribution is -2.25. The Bertz CT molecular complexity index is 881. The van der Waals surface area contributed by atoms with Gasteiger partial charge in [-0.25, -0.2) is 9.37 Å². The van der Waals surface area contributed by atoms with E-state index >= 15 is 0 Å². The molecule has 3 rings (SSSR count). The number of halogens is 2. The van der Waals surface area contributed by atoms with Gasteiger partial charge in [-0.3, -0.25) is 4.79 Å². The Kier molecular flexibility index (Phi) is 5.06. The fraction of sp³-hybridized carbons (Fsp3) is 0.111. The first-order valence-electron chi connectivity index (χ1n) is 7.26. The normalized spacial score (nSPS) is 10.6. The summed E-state index contributed by atoms with van der Waals surface area (Å²) in [6.45, 7) is 0.479. The molecule has 3 aromatic rings. The maximum Gasteiger partial charge on any atom is 0.265 e. The molecule has 24 heavy (non-hydrogen) atoms. The predicted octanol–water partition coefficient (Wildman–Crippen LogP) is 4.98. The fourth-order valence-corrected chi connectivity index (χ4v) is 3.62. The zero-order valence-electron chi connectivity index (χ0n) is 12.9. The molecule has 122 valence electrons. The van der Waals surface area contributed by atoms with E-state index in [9.17, 15) is 9.18 Å². The standard InChI is InChI=1S/C18H14BrFN2OS/c1-22(11-12-6-2-4-8-14(12)19)18(23)16-10-21-17(24-16)13-7-3-5-9-15(13)20/h2-10H,11H2,1H3. The third-order valence-electron chi connectivity index (χ3n) is 3.53. The summed E-state index contributed by atoms with van der Waals surface area (Å²) in [6.07, 6.45) is 1.51. The lowest BCUT2D eigenvalue weighted by atomic mass is 10.2. The number of amides is 1. The number of nitrogens with zero attached hydrogens (tertiary/aromatic N) is 2. The summed E-state index contributed by atoms with van der Waals surface area (Å²) in [5.74, 6) is -0.474. The second-order valence-corrected chi connectivity index (χ2v) is 7.15. The van der Waals surface area contributed by atoms with Crippen LogP contribution >= 0.6 is 27.3 Å². The topological polar surface area (TPSA) is 33.2 Å². The van der Waals surface area contributed by atoms with Crippen molar-refractivity contribution in [1.29, 1.82) is 0 Å². The molecular weight excluding hydrogens is 391 g/mol. The van der Waals surface area contributed by atoms with Crippen LogP contribution in [-0.4, -0.2) is 22.8 Å². The van der Waals surface area contributed by atoms with Gasteiger partial charge in [-0.15, -0.1) is 11.3 Å². The zero-order chi connectivity index (χ0) is 17.1. The van der Waals surface area contributed by atoms with Crippen LogP contribution < -0.4 is 0 Å². The first kappa shape index (κ1) is 16.8. The van der Waals surface area contributed by atoms with E-state index in [0.717, 1.165) is 10.0 Å². The van der Waals surface area contributed by atoms with Crippen LogP contribution in [0.5, 0.6) is 0 Å². The Balaban J connectivity index is 1.79. The Labute approximate surface area is 151 Å². The van der Waals surface area contributed by atoms with E-state index in [2.05, 4.69) is 20.9 Å². The van der Waals surface area contributed by atoms with Crippen molar-refractivity contribution in [3.05, 3.63) is 75.5 Å². The van der Waals surface area contributed by atoms with Gasteiger partial charge in [-0.2, -0.15) is 0 Å². The SMILES string of the molecule is CN(Cc1ccccc1Br)C(=O)c1cnc(-c2ccccc2F)s1. The minimum Gasteiger partial charge on any atom is -0.337 e. The van der Waals surface area contributed by atoms with E-state index in [1.807, 2.05) is 24.3 Å². The van der Waals surface area contributed by atoms with Gasteiger partial charge in [0.2, 0.25) is 0 Å². The molecule has 0 radical (unpaired) electrons.